The molecule has 3 aromatic rings. The molecule has 1 aromatic heterocycles. The summed E-state index contributed by atoms with van der Waals surface area (Å²) in [6.07, 6.45) is 2.48. The fourth-order valence-electron chi connectivity index (χ4n) is 5.33. The summed E-state index contributed by atoms with van der Waals surface area (Å²) in [7, 11) is 0. The molecule has 9 heteroatoms. The Morgan fingerprint density at radius 2 is 1.80 bits per heavy atom. The topological polar surface area (TPSA) is 86.9 Å². The van der Waals surface area contributed by atoms with Crippen molar-refractivity contribution in [2.75, 3.05) is 52.5 Å². The number of rotatable bonds is 11. The standard InChI is InChI=1S/C31H37FN4O4/c32-25-11-9-24(10-12-25)29(30(37)33-22-26-8-4-19-40-26)36(16-5-15-35-17-20-39-21-18-35)31(38)28-14-13-27(34-28)23-6-2-1-3-7-23/h1-3,6-7,9-14,26,29,34H,4-5,8,15-22H2,(H,33,37)/t26-,29+/m0/s1. The van der Waals surface area contributed by atoms with Crippen molar-refractivity contribution >= 4 is 11.8 Å². The second-order valence-corrected chi connectivity index (χ2v) is 10.3. The highest BCUT2D eigenvalue weighted by molar-refractivity contribution is 5.97. The van der Waals surface area contributed by atoms with Crippen LogP contribution in [0, 0.1) is 5.82 Å². The second kappa shape index (κ2) is 13.7. The van der Waals surface area contributed by atoms with Crippen molar-refractivity contribution in [3.8, 4) is 11.3 Å². The van der Waals surface area contributed by atoms with Gasteiger partial charge >= 0.3 is 0 Å². The average molecular weight is 549 g/mol. The van der Waals surface area contributed by atoms with Crippen LogP contribution < -0.4 is 5.32 Å². The van der Waals surface area contributed by atoms with Gasteiger partial charge < -0.3 is 24.7 Å². The summed E-state index contributed by atoms with van der Waals surface area (Å²) in [5.74, 6) is -0.994. The van der Waals surface area contributed by atoms with E-state index in [0.29, 0.717) is 50.6 Å². The highest BCUT2D eigenvalue weighted by Crippen LogP contribution is 2.26. The smallest absolute Gasteiger partial charge is 0.271 e. The molecule has 0 spiro atoms. The van der Waals surface area contributed by atoms with Crippen LogP contribution in [0.25, 0.3) is 11.3 Å². The maximum Gasteiger partial charge on any atom is 0.271 e. The molecule has 0 bridgehead atoms. The fourth-order valence-corrected chi connectivity index (χ4v) is 5.33. The van der Waals surface area contributed by atoms with Crippen LogP contribution in [0.5, 0.6) is 0 Å². The van der Waals surface area contributed by atoms with Crippen molar-refractivity contribution in [3.63, 3.8) is 0 Å². The van der Waals surface area contributed by atoms with Gasteiger partial charge in [-0.2, -0.15) is 0 Å². The van der Waals surface area contributed by atoms with Crippen molar-refractivity contribution in [1.29, 1.82) is 0 Å². The van der Waals surface area contributed by atoms with E-state index in [1.807, 2.05) is 36.4 Å². The summed E-state index contributed by atoms with van der Waals surface area (Å²) in [6, 6.07) is 18.3. The van der Waals surface area contributed by atoms with E-state index in [1.54, 1.807) is 23.1 Å². The normalized spacial score (nSPS) is 18.4. The third-order valence-electron chi connectivity index (χ3n) is 7.51. The molecule has 2 atom stereocenters. The van der Waals surface area contributed by atoms with Gasteiger partial charge in [0, 0.05) is 45.0 Å². The van der Waals surface area contributed by atoms with Crippen LogP contribution in [0.1, 0.15) is 41.4 Å². The Hall–Kier alpha value is -3.53. The summed E-state index contributed by atoms with van der Waals surface area (Å²) in [5, 5.41) is 3.01. The molecule has 5 rings (SSSR count). The van der Waals surface area contributed by atoms with Gasteiger partial charge in [0.2, 0.25) is 5.91 Å². The van der Waals surface area contributed by atoms with Crippen molar-refractivity contribution in [2.45, 2.75) is 31.4 Å². The van der Waals surface area contributed by atoms with Gasteiger partial charge in [0.25, 0.3) is 5.91 Å². The molecule has 0 radical (unpaired) electrons. The maximum absolute atomic E-state index is 14.1. The lowest BCUT2D eigenvalue weighted by atomic mass is 10.0. The molecule has 2 N–H and O–H groups in total. The maximum atomic E-state index is 14.1. The Morgan fingerprint density at radius 3 is 2.52 bits per heavy atom. The number of aromatic amines is 1. The van der Waals surface area contributed by atoms with Gasteiger partial charge in [0.15, 0.2) is 0 Å². The van der Waals surface area contributed by atoms with Gasteiger partial charge in [-0.3, -0.25) is 14.5 Å². The van der Waals surface area contributed by atoms with Crippen LogP contribution in [0.2, 0.25) is 0 Å². The van der Waals surface area contributed by atoms with Crippen LogP contribution in [-0.2, 0) is 14.3 Å². The van der Waals surface area contributed by atoms with Crippen LogP contribution in [0.4, 0.5) is 4.39 Å². The second-order valence-electron chi connectivity index (χ2n) is 10.3. The first-order valence-corrected chi connectivity index (χ1v) is 14.1. The van der Waals surface area contributed by atoms with Crippen LogP contribution >= 0.6 is 0 Å². The molecule has 3 heterocycles. The molecule has 2 aliphatic rings. The lowest BCUT2D eigenvalue weighted by Gasteiger charge is -2.33. The number of morpholine rings is 1. The number of amides is 2. The molecule has 2 amide bonds. The van der Waals surface area contributed by atoms with Crippen molar-refractivity contribution in [1.82, 2.24) is 20.1 Å². The molecule has 212 valence electrons. The van der Waals surface area contributed by atoms with E-state index in [9.17, 15) is 14.0 Å². The molecule has 40 heavy (non-hydrogen) atoms. The zero-order valence-corrected chi connectivity index (χ0v) is 22.7. The van der Waals surface area contributed by atoms with E-state index in [-0.39, 0.29) is 17.9 Å². The number of nitrogens with one attached hydrogen (secondary N) is 2. The molecule has 2 fully saturated rings. The molecule has 0 unspecified atom stereocenters. The number of benzene rings is 2. The Morgan fingerprint density at radius 1 is 1.02 bits per heavy atom. The van der Waals surface area contributed by atoms with E-state index < -0.39 is 11.9 Å². The number of hydrogen-bond acceptors (Lipinski definition) is 5. The summed E-state index contributed by atoms with van der Waals surface area (Å²) < 4.78 is 25.0. The lowest BCUT2D eigenvalue weighted by molar-refractivity contribution is -0.126. The lowest BCUT2D eigenvalue weighted by Crippen LogP contribution is -2.46. The SMILES string of the molecule is O=C(NC[C@@H]1CCCO1)[C@@H](c1ccc(F)cc1)N(CCCN1CCOCC1)C(=O)c1ccc(-c2ccccc2)[nH]1. The molecule has 2 aliphatic heterocycles. The van der Waals surface area contributed by atoms with E-state index in [0.717, 1.165) is 43.7 Å². The first-order chi connectivity index (χ1) is 19.6. The summed E-state index contributed by atoms with van der Waals surface area (Å²) in [4.78, 5) is 35.0. The number of carbonyl (C=O) groups is 2. The quantitative estimate of drug-likeness (QED) is 0.378. The monoisotopic (exact) mass is 548 g/mol. The Balaban J connectivity index is 1.41. The largest absolute Gasteiger partial charge is 0.379 e. The number of H-pyrrole nitrogens is 1. The Kier molecular flexibility index (Phi) is 9.59. The first-order valence-electron chi connectivity index (χ1n) is 14.1. The number of halogens is 1. The number of nitrogens with zero attached hydrogens (tertiary/aromatic N) is 2. The Bertz CT molecular complexity index is 1240. The van der Waals surface area contributed by atoms with E-state index in [1.165, 1.54) is 12.1 Å². The molecular weight excluding hydrogens is 511 g/mol. The third kappa shape index (κ3) is 7.15. The van der Waals surface area contributed by atoms with Gasteiger partial charge in [0.1, 0.15) is 17.6 Å². The molecule has 2 saturated heterocycles. The van der Waals surface area contributed by atoms with Crippen molar-refractivity contribution in [3.05, 3.63) is 83.8 Å². The zero-order chi connectivity index (χ0) is 27.7. The van der Waals surface area contributed by atoms with E-state index >= 15 is 0 Å². The minimum absolute atomic E-state index is 0.0415. The minimum atomic E-state index is -0.928. The van der Waals surface area contributed by atoms with Gasteiger partial charge in [-0.1, -0.05) is 42.5 Å². The predicted molar refractivity (Wildman–Crippen MR) is 150 cm³/mol. The van der Waals surface area contributed by atoms with Gasteiger partial charge in [-0.15, -0.1) is 0 Å². The first kappa shape index (κ1) is 28.0. The van der Waals surface area contributed by atoms with Crippen molar-refractivity contribution in [2.24, 2.45) is 0 Å². The predicted octanol–water partition coefficient (Wildman–Crippen LogP) is 4.02. The van der Waals surface area contributed by atoms with Crippen LogP contribution in [0.15, 0.2) is 66.7 Å². The summed E-state index contributed by atoms with van der Waals surface area (Å²) >= 11 is 0. The van der Waals surface area contributed by atoms with Crippen LogP contribution in [-0.4, -0.2) is 85.2 Å². The minimum Gasteiger partial charge on any atom is -0.379 e. The number of hydrogen-bond donors (Lipinski definition) is 2. The van der Waals surface area contributed by atoms with E-state index in [2.05, 4.69) is 15.2 Å². The summed E-state index contributed by atoms with van der Waals surface area (Å²) in [6.45, 7) is 5.25. The molecule has 8 nitrogen and oxygen atoms in total. The zero-order valence-electron chi connectivity index (χ0n) is 22.7. The number of carbonyl (C=O) groups excluding carboxylic acids is 2. The van der Waals surface area contributed by atoms with Crippen molar-refractivity contribution < 1.29 is 23.5 Å². The third-order valence-corrected chi connectivity index (χ3v) is 7.51. The highest BCUT2D eigenvalue weighted by atomic mass is 19.1. The van der Waals surface area contributed by atoms with Gasteiger partial charge in [-0.25, -0.2) is 4.39 Å². The van der Waals surface area contributed by atoms with E-state index in [4.69, 9.17) is 9.47 Å². The van der Waals surface area contributed by atoms with Crippen LogP contribution in [0.3, 0.4) is 0 Å². The fraction of sp³-hybridized carbons (Fsp3) is 0.419. The van der Waals surface area contributed by atoms with Gasteiger partial charge in [-0.05, 0) is 54.7 Å². The molecule has 0 saturated carbocycles. The number of ether oxygens (including phenoxy) is 2. The van der Waals surface area contributed by atoms with Gasteiger partial charge in [0.05, 0.1) is 19.3 Å². The molecular formula is C31H37FN4O4. The average Bonchev–Trinajstić information content (AvgIpc) is 3.70. The summed E-state index contributed by atoms with van der Waals surface area (Å²) in [5.41, 5.74) is 2.73. The molecule has 0 aliphatic carbocycles. The Labute approximate surface area is 234 Å². The molecule has 2 aromatic carbocycles. The number of aromatic nitrogens is 1. The highest BCUT2D eigenvalue weighted by Gasteiger charge is 2.33.